The lowest BCUT2D eigenvalue weighted by Gasteiger charge is -2.02. The van der Waals surface area contributed by atoms with Crippen molar-refractivity contribution in [2.24, 2.45) is 12.8 Å². The minimum Gasteiger partial charge on any atom is -0.398 e. The molecule has 0 aliphatic rings. The molecule has 1 aromatic carbocycles. The number of aromatic nitrogens is 2. The molecule has 0 amide bonds. The molecule has 14 heavy (non-hydrogen) atoms. The van der Waals surface area contributed by atoms with Crippen molar-refractivity contribution in [3.05, 3.63) is 23.4 Å². The van der Waals surface area contributed by atoms with Crippen LogP contribution >= 0.6 is 0 Å². The van der Waals surface area contributed by atoms with Crippen LogP contribution in [0.1, 0.15) is 11.3 Å². The van der Waals surface area contributed by atoms with E-state index in [1.807, 2.05) is 30.8 Å². The average molecular weight is 190 g/mol. The van der Waals surface area contributed by atoms with Crippen LogP contribution in [0.5, 0.6) is 0 Å². The van der Waals surface area contributed by atoms with Crippen molar-refractivity contribution in [3.8, 4) is 0 Å². The highest BCUT2D eigenvalue weighted by Crippen LogP contribution is 2.23. The lowest BCUT2D eigenvalue weighted by molar-refractivity contribution is 0.751. The molecule has 2 aromatic rings. The van der Waals surface area contributed by atoms with Gasteiger partial charge in [0.15, 0.2) is 0 Å². The number of benzene rings is 1. The van der Waals surface area contributed by atoms with Gasteiger partial charge in [0.2, 0.25) is 0 Å². The minimum absolute atomic E-state index is 0.468. The van der Waals surface area contributed by atoms with Gasteiger partial charge in [-0.25, -0.2) is 0 Å². The smallest absolute Gasteiger partial charge is 0.0946 e. The number of nitrogens with two attached hydrogens (primary N) is 2. The molecular weight excluding hydrogens is 176 g/mol. The zero-order chi connectivity index (χ0) is 10.3. The van der Waals surface area contributed by atoms with Gasteiger partial charge in [-0.15, -0.1) is 0 Å². The summed E-state index contributed by atoms with van der Waals surface area (Å²) in [6.45, 7) is 2.50. The fourth-order valence-electron chi connectivity index (χ4n) is 1.61. The first-order chi connectivity index (χ1) is 6.63. The zero-order valence-electron chi connectivity index (χ0n) is 8.41. The number of hydrogen-bond acceptors (Lipinski definition) is 3. The van der Waals surface area contributed by atoms with Gasteiger partial charge in [-0.05, 0) is 24.6 Å². The summed E-state index contributed by atoms with van der Waals surface area (Å²) in [6.07, 6.45) is 0. The van der Waals surface area contributed by atoms with E-state index in [2.05, 4.69) is 5.10 Å². The highest BCUT2D eigenvalue weighted by Gasteiger charge is 2.07. The first-order valence-corrected chi connectivity index (χ1v) is 4.55. The van der Waals surface area contributed by atoms with Gasteiger partial charge < -0.3 is 11.5 Å². The van der Waals surface area contributed by atoms with E-state index in [0.29, 0.717) is 6.54 Å². The molecule has 0 aliphatic heterocycles. The van der Waals surface area contributed by atoms with Crippen molar-refractivity contribution in [2.45, 2.75) is 13.5 Å². The molecule has 2 rings (SSSR count). The third-order valence-electron chi connectivity index (χ3n) is 2.61. The Balaban J connectivity index is 2.80. The van der Waals surface area contributed by atoms with E-state index < -0.39 is 0 Å². The van der Waals surface area contributed by atoms with Gasteiger partial charge >= 0.3 is 0 Å². The Hall–Kier alpha value is -1.55. The number of rotatable bonds is 1. The molecule has 0 unspecified atom stereocenters. The highest BCUT2D eigenvalue weighted by molar-refractivity contribution is 5.85. The number of nitrogen functional groups attached to an aromatic ring is 1. The molecule has 1 aromatic heterocycles. The van der Waals surface area contributed by atoms with Gasteiger partial charge in [-0.1, -0.05) is 0 Å². The molecule has 1 heterocycles. The monoisotopic (exact) mass is 190 g/mol. The van der Waals surface area contributed by atoms with Gasteiger partial charge in [-0.3, -0.25) is 4.68 Å². The number of nitrogens with zero attached hydrogens (tertiary/aromatic N) is 2. The van der Waals surface area contributed by atoms with E-state index in [-0.39, 0.29) is 0 Å². The van der Waals surface area contributed by atoms with Crippen molar-refractivity contribution in [2.75, 3.05) is 5.73 Å². The second-order valence-electron chi connectivity index (χ2n) is 3.48. The van der Waals surface area contributed by atoms with Crippen LogP contribution in [0.4, 0.5) is 5.69 Å². The molecule has 0 aliphatic carbocycles. The van der Waals surface area contributed by atoms with E-state index in [9.17, 15) is 0 Å². The lowest BCUT2D eigenvalue weighted by Crippen LogP contribution is -2.01. The summed E-state index contributed by atoms with van der Waals surface area (Å²) in [5, 5.41) is 5.47. The van der Waals surface area contributed by atoms with E-state index in [4.69, 9.17) is 11.5 Å². The molecule has 0 radical (unpaired) electrons. The summed E-state index contributed by atoms with van der Waals surface area (Å²) in [7, 11) is 1.92. The average Bonchev–Trinajstić information content (AvgIpc) is 2.41. The molecule has 0 saturated heterocycles. The van der Waals surface area contributed by atoms with Crippen LogP contribution in [-0.4, -0.2) is 9.78 Å². The molecule has 4 heteroatoms. The largest absolute Gasteiger partial charge is 0.398 e. The Kier molecular flexibility index (Phi) is 1.93. The Labute approximate surface area is 82.5 Å². The molecule has 0 bridgehead atoms. The number of anilines is 1. The fraction of sp³-hybridized carbons (Fsp3) is 0.300. The summed E-state index contributed by atoms with van der Waals surface area (Å²) in [4.78, 5) is 0. The van der Waals surface area contributed by atoms with Gasteiger partial charge in [0, 0.05) is 30.4 Å². The van der Waals surface area contributed by atoms with Crippen LogP contribution in [0.15, 0.2) is 12.1 Å². The van der Waals surface area contributed by atoms with E-state index in [0.717, 1.165) is 27.8 Å². The van der Waals surface area contributed by atoms with Gasteiger partial charge in [-0.2, -0.15) is 5.10 Å². The third kappa shape index (κ3) is 1.15. The molecule has 0 fully saturated rings. The quantitative estimate of drug-likeness (QED) is 0.657. The van der Waals surface area contributed by atoms with E-state index >= 15 is 0 Å². The standard InChI is InChI=1S/C10H14N4/c1-6-8-3-7(5-11)9(12)4-10(8)13-14(6)2/h3-4H,5,11-12H2,1-2H3. The molecule has 74 valence electrons. The SMILES string of the molecule is Cc1c2cc(CN)c(N)cc2nn1C. The molecule has 0 atom stereocenters. The number of aryl methyl sites for hydroxylation is 2. The van der Waals surface area contributed by atoms with Crippen molar-refractivity contribution in [1.82, 2.24) is 9.78 Å². The maximum Gasteiger partial charge on any atom is 0.0946 e. The Morgan fingerprint density at radius 1 is 1.43 bits per heavy atom. The fourth-order valence-corrected chi connectivity index (χ4v) is 1.61. The summed E-state index contributed by atoms with van der Waals surface area (Å²) in [5.41, 5.74) is 15.2. The minimum atomic E-state index is 0.468. The summed E-state index contributed by atoms with van der Waals surface area (Å²) < 4.78 is 1.85. The maximum absolute atomic E-state index is 5.83. The van der Waals surface area contributed by atoms with Crippen LogP contribution in [0.3, 0.4) is 0 Å². The van der Waals surface area contributed by atoms with Crippen LogP contribution in [0.25, 0.3) is 10.9 Å². The maximum atomic E-state index is 5.83. The summed E-state index contributed by atoms with van der Waals surface area (Å²) >= 11 is 0. The van der Waals surface area contributed by atoms with E-state index in [1.165, 1.54) is 0 Å². The zero-order valence-corrected chi connectivity index (χ0v) is 8.41. The second-order valence-corrected chi connectivity index (χ2v) is 3.48. The summed E-state index contributed by atoms with van der Waals surface area (Å²) in [5.74, 6) is 0. The highest BCUT2D eigenvalue weighted by atomic mass is 15.3. The number of fused-ring (bicyclic) bond motifs is 1. The topological polar surface area (TPSA) is 69.9 Å². The lowest BCUT2D eigenvalue weighted by atomic mass is 10.1. The van der Waals surface area contributed by atoms with Crippen LogP contribution in [-0.2, 0) is 13.6 Å². The molecule has 0 spiro atoms. The second kappa shape index (κ2) is 2.99. The van der Waals surface area contributed by atoms with Gasteiger partial charge in [0.05, 0.1) is 5.52 Å². The van der Waals surface area contributed by atoms with Gasteiger partial charge in [0.1, 0.15) is 0 Å². The predicted octanol–water partition coefficient (Wildman–Crippen LogP) is 0.923. The molecular formula is C10H14N4. The molecule has 4 nitrogen and oxygen atoms in total. The third-order valence-corrected chi connectivity index (χ3v) is 2.61. The predicted molar refractivity (Wildman–Crippen MR) is 57.8 cm³/mol. The Morgan fingerprint density at radius 2 is 2.14 bits per heavy atom. The van der Waals surface area contributed by atoms with Crippen molar-refractivity contribution in [1.29, 1.82) is 0 Å². The van der Waals surface area contributed by atoms with Crippen molar-refractivity contribution < 1.29 is 0 Å². The Bertz CT molecular complexity index is 484. The van der Waals surface area contributed by atoms with Gasteiger partial charge in [0.25, 0.3) is 0 Å². The van der Waals surface area contributed by atoms with Crippen LogP contribution in [0.2, 0.25) is 0 Å². The Morgan fingerprint density at radius 3 is 2.79 bits per heavy atom. The first-order valence-electron chi connectivity index (χ1n) is 4.55. The summed E-state index contributed by atoms with van der Waals surface area (Å²) in [6, 6.07) is 3.90. The molecule has 4 N–H and O–H groups in total. The van der Waals surface area contributed by atoms with Crippen molar-refractivity contribution in [3.63, 3.8) is 0 Å². The number of hydrogen-bond donors (Lipinski definition) is 2. The molecule has 0 saturated carbocycles. The van der Waals surface area contributed by atoms with Crippen LogP contribution in [0, 0.1) is 6.92 Å². The van der Waals surface area contributed by atoms with E-state index in [1.54, 1.807) is 0 Å². The normalized spacial score (nSPS) is 11.1. The van der Waals surface area contributed by atoms with Crippen LogP contribution < -0.4 is 11.5 Å². The van der Waals surface area contributed by atoms with Crippen molar-refractivity contribution >= 4 is 16.6 Å². The first kappa shape index (κ1) is 9.02.